The fourth-order valence-corrected chi connectivity index (χ4v) is 3.76. The molecule has 1 N–H and O–H groups in total. The first-order valence-corrected chi connectivity index (χ1v) is 8.68. The predicted octanol–water partition coefficient (Wildman–Crippen LogP) is 2.85. The number of likely N-dealkylation sites (tertiary alicyclic amines) is 1. The van der Waals surface area contributed by atoms with Gasteiger partial charge in [0.25, 0.3) is 0 Å². The molecule has 5 heteroatoms. The zero-order valence-electron chi connectivity index (χ0n) is 14.8. The van der Waals surface area contributed by atoms with Gasteiger partial charge in [-0.05, 0) is 46.2 Å². The van der Waals surface area contributed by atoms with Gasteiger partial charge in [-0.2, -0.15) is 0 Å². The number of rotatable bonds is 3. The van der Waals surface area contributed by atoms with Crippen molar-refractivity contribution in [1.29, 1.82) is 0 Å². The van der Waals surface area contributed by atoms with Crippen LogP contribution in [0.1, 0.15) is 45.6 Å². The van der Waals surface area contributed by atoms with E-state index in [2.05, 4.69) is 4.90 Å². The van der Waals surface area contributed by atoms with E-state index in [4.69, 9.17) is 9.47 Å². The molecule has 3 rings (SSSR count). The quantitative estimate of drug-likeness (QED) is 0.862. The van der Waals surface area contributed by atoms with Crippen LogP contribution in [0.2, 0.25) is 0 Å². The zero-order valence-corrected chi connectivity index (χ0v) is 14.8. The topological polar surface area (TPSA) is 59.0 Å². The Kier molecular flexibility index (Phi) is 4.47. The first kappa shape index (κ1) is 17.1. The molecule has 1 aromatic carbocycles. The maximum Gasteiger partial charge on any atom is 0.307 e. The van der Waals surface area contributed by atoms with Gasteiger partial charge in [0.05, 0.1) is 13.0 Å². The number of phenols is 1. The third-order valence-corrected chi connectivity index (χ3v) is 4.75. The Bertz CT molecular complexity index is 622. The maximum absolute atomic E-state index is 11.9. The van der Waals surface area contributed by atoms with Gasteiger partial charge in [-0.15, -0.1) is 0 Å². The van der Waals surface area contributed by atoms with Crippen LogP contribution in [0.4, 0.5) is 0 Å². The van der Waals surface area contributed by atoms with Crippen LogP contribution < -0.4 is 4.74 Å². The molecule has 2 aliphatic rings. The van der Waals surface area contributed by atoms with Crippen molar-refractivity contribution in [3.05, 3.63) is 23.8 Å². The van der Waals surface area contributed by atoms with Gasteiger partial charge >= 0.3 is 5.97 Å². The highest BCUT2D eigenvalue weighted by Gasteiger charge is 2.43. The van der Waals surface area contributed by atoms with Crippen LogP contribution >= 0.6 is 0 Å². The van der Waals surface area contributed by atoms with E-state index in [-0.39, 0.29) is 17.1 Å². The van der Waals surface area contributed by atoms with Crippen molar-refractivity contribution in [2.24, 2.45) is 0 Å². The van der Waals surface area contributed by atoms with E-state index < -0.39 is 5.60 Å². The van der Waals surface area contributed by atoms with Gasteiger partial charge in [0.1, 0.15) is 17.1 Å². The molecule has 2 heterocycles. The van der Waals surface area contributed by atoms with E-state index in [1.807, 2.05) is 26.8 Å². The monoisotopic (exact) mass is 333 g/mol. The maximum atomic E-state index is 11.9. The summed E-state index contributed by atoms with van der Waals surface area (Å²) < 4.78 is 11.2. The molecule has 1 saturated heterocycles. The number of benzene rings is 1. The van der Waals surface area contributed by atoms with Crippen molar-refractivity contribution in [2.75, 3.05) is 26.2 Å². The Morgan fingerprint density at radius 1 is 1.42 bits per heavy atom. The summed E-state index contributed by atoms with van der Waals surface area (Å²) >= 11 is 0. The molecule has 1 spiro atoms. The lowest BCUT2D eigenvalue weighted by atomic mass is 9.75. The molecule has 0 aromatic heterocycles. The molecule has 1 fully saturated rings. The van der Waals surface area contributed by atoms with Crippen molar-refractivity contribution in [2.45, 2.75) is 51.0 Å². The molecule has 1 atom stereocenters. The average Bonchev–Trinajstić information content (AvgIpc) is 2.81. The summed E-state index contributed by atoms with van der Waals surface area (Å²) in [7, 11) is 0. The summed E-state index contributed by atoms with van der Waals surface area (Å²) in [4.78, 5) is 14.3. The third-order valence-electron chi connectivity index (χ3n) is 4.75. The van der Waals surface area contributed by atoms with Gasteiger partial charge in [0, 0.05) is 30.1 Å². The first-order valence-electron chi connectivity index (χ1n) is 8.68. The number of aromatic hydroxyl groups is 1. The number of esters is 1. The second kappa shape index (κ2) is 6.28. The van der Waals surface area contributed by atoms with Crippen molar-refractivity contribution < 1.29 is 19.4 Å². The van der Waals surface area contributed by atoms with Crippen molar-refractivity contribution in [1.82, 2.24) is 4.90 Å². The lowest BCUT2D eigenvalue weighted by molar-refractivity contribution is -0.155. The smallest absolute Gasteiger partial charge is 0.307 e. The van der Waals surface area contributed by atoms with E-state index in [0.29, 0.717) is 19.6 Å². The molecular weight excluding hydrogens is 306 g/mol. The van der Waals surface area contributed by atoms with Gasteiger partial charge in [0.15, 0.2) is 0 Å². The van der Waals surface area contributed by atoms with Crippen LogP contribution in [0.3, 0.4) is 0 Å². The molecule has 0 aliphatic carbocycles. The van der Waals surface area contributed by atoms with E-state index in [9.17, 15) is 9.90 Å². The minimum Gasteiger partial charge on any atom is -0.508 e. The summed E-state index contributed by atoms with van der Waals surface area (Å²) in [5.74, 6) is 0.891. The summed E-state index contributed by atoms with van der Waals surface area (Å²) in [5.41, 5.74) is 0.734. The molecule has 132 valence electrons. The van der Waals surface area contributed by atoms with Crippen LogP contribution in [0.15, 0.2) is 18.2 Å². The predicted molar refractivity (Wildman–Crippen MR) is 91.4 cm³/mol. The highest BCUT2D eigenvalue weighted by Crippen LogP contribution is 2.45. The number of phenolic OH excluding ortho intramolecular Hbond substituents is 1. The largest absolute Gasteiger partial charge is 0.508 e. The number of carbonyl (C=O) groups is 1. The lowest BCUT2D eigenvalue weighted by Gasteiger charge is -2.39. The van der Waals surface area contributed by atoms with Crippen LogP contribution in [0, 0.1) is 0 Å². The van der Waals surface area contributed by atoms with Gasteiger partial charge in [-0.25, -0.2) is 0 Å². The van der Waals surface area contributed by atoms with E-state index in [1.54, 1.807) is 12.1 Å². The van der Waals surface area contributed by atoms with E-state index in [0.717, 1.165) is 31.7 Å². The number of hydrogen-bond acceptors (Lipinski definition) is 5. The van der Waals surface area contributed by atoms with Crippen molar-refractivity contribution in [3.63, 3.8) is 0 Å². The number of hydrogen-bond donors (Lipinski definition) is 1. The molecule has 24 heavy (non-hydrogen) atoms. The molecular formula is C19H27NO4. The van der Waals surface area contributed by atoms with Gasteiger partial charge in [-0.1, -0.05) is 6.07 Å². The normalized spacial score (nSPS) is 23.8. The van der Waals surface area contributed by atoms with Gasteiger partial charge in [0.2, 0.25) is 0 Å². The summed E-state index contributed by atoms with van der Waals surface area (Å²) in [6.45, 7) is 8.92. The lowest BCUT2D eigenvalue weighted by Crippen LogP contribution is -2.47. The highest BCUT2D eigenvalue weighted by atomic mass is 16.6. The van der Waals surface area contributed by atoms with Crippen molar-refractivity contribution >= 4 is 5.97 Å². The first-order chi connectivity index (χ1) is 11.3. The number of carbonyl (C=O) groups excluding carboxylic acids is 1. The van der Waals surface area contributed by atoms with Crippen molar-refractivity contribution in [3.8, 4) is 11.5 Å². The fourth-order valence-electron chi connectivity index (χ4n) is 3.76. The van der Waals surface area contributed by atoms with E-state index in [1.165, 1.54) is 5.56 Å². The van der Waals surface area contributed by atoms with Crippen LogP contribution in [0.5, 0.6) is 11.5 Å². The van der Waals surface area contributed by atoms with Gasteiger partial charge in [-0.3, -0.25) is 4.79 Å². The third kappa shape index (κ3) is 3.66. The summed E-state index contributed by atoms with van der Waals surface area (Å²) in [6, 6.07) is 5.41. The Balaban J connectivity index is 1.63. The highest BCUT2D eigenvalue weighted by molar-refractivity contribution is 5.70. The average molecular weight is 333 g/mol. The molecule has 0 radical (unpaired) electrons. The van der Waals surface area contributed by atoms with Crippen LogP contribution in [-0.4, -0.2) is 47.8 Å². The Morgan fingerprint density at radius 3 is 2.96 bits per heavy atom. The standard InChI is InChI=1S/C19H27NO4/c1-18(2,3)24-17(22)7-10-20-9-4-8-19(12-20)13-23-16-11-14(21)5-6-15(16)19/h5-6,11,21H,4,7-10,12-13H2,1-3H3. The number of fused-ring (bicyclic) bond motifs is 2. The summed E-state index contributed by atoms with van der Waals surface area (Å²) in [6.07, 6.45) is 2.57. The molecule has 0 amide bonds. The van der Waals surface area contributed by atoms with Gasteiger partial charge < -0.3 is 19.5 Å². The fraction of sp³-hybridized carbons (Fsp3) is 0.632. The SMILES string of the molecule is CC(C)(C)OC(=O)CCN1CCCC2(COc3cc(O)ccc32)C1. The number of nitrogens with zero attached hydrogens (tertiary/aromatic N) is 1. The molecule has 1 aromatic rings. The molecule has 0 bridgehead atoms. The molecule has 1 unspecified atom stereocenters. The minimum atomic E-state index is -0.430. The molecule has 0 saturated carbocycles. The van der Waals surface area contributed by atoms with Crippen LogP contribution in [0.25, 0.3) is 0 Å². The minimum absolute atomic E-state index is 0.0186. The Morgan fingerprint density at radius 2 is 2.21 bits per heavy atom. The zero-order chi connectivity index (χ0) is 17.4. The Labute approximate surface area is 143 Å². The Hall–Kier alpha value is -1.75. The second-order valence-corrected chi connectivity index (χ2v) is 7.97. The molecule has 2 aliphatic heterocycles. The van der Waals surface area contributed by atoms with E-state index >= 15 is 0 Å². The van der Waals surface area contributed by atoms with Crippen LogP contribution in [-0.2, 0) is 14.9 Å². The summed E-state index contributed by atoms with van der Waals surface area (Å²) in [5, 5.41) is 9.63. The number of ether oxygens (including phenoxy) is 2. The number of piperidine rings is 1. The molecule has 5 nitrogen and oxygen atoms in total. The second-order valence-electron chi connectivity index (χ2n) is 7.97.